The summed E-state index contributed by atoms with van der Waals surface area (Å²) in [5.41, 5.74) is 1.06. The molecule has 0 amide bonds. The Labute approximate surface area is 126 Å². The Kier molecular flexibility index (Phi) is 5.47. The highest BCUT2D eigenvalue weighted by Crippen LogP contribution is 2.28. The standard InChI is InChI=1S/C15H22ClNO2S/c1-12(14-4-2-3-5-14)17-20(18,19)15-8-6-13(7-9-15)10-11-16/h6-9,12,14,17H,2-5,10-11H2,1H3/t12-/m1/s1. The fourth-order valence-corrected chi connectivity index (χ4v) is 4.34. The van der Waals surface area contributed by atoms with Crippen LogP contribution in [-0.4, -0.2) is 20.3 Å². The molecule has 1 aromatic carbocycles. The summed E-state index contributed by atoms with van der Waals surface area (Å²) < 4.78 is 27.5. The molecule has 1 fully saturated rings. The molecule has 2 rings (SSSR count). The Hall–Kier alpha value is -0.580. The van der Waals surface area contributed by atoms with E-state index in [0.717, 1.165) is 24.8 Å². The van der Waals surface area contributed by atoms with E-state index in [1.54, 1.807) is 12.1 Å². The number of sulfonamides is 1. The van der Waals surface area contributed by atoms with E-state index in [-0.39, 0.29) is 6.04 Å². The van der Waals surface area contributed by atoms with Gasteiger partial charge in [0.2, 0.25) is 10.0 Å². The molecule has 0 unspecified atom stereocenters. The topological polar surface area (TPSA) is 46.2 Å². The van der Waals surface area contributed by atoms with Crippen molar-refractivity contribution >= 4 is 21.6 Å². The minimum Gasteiger partial charge on any atom is -0.208 e. The molecule has 1 atom stereocenters. The maximum atomic E-state index is 12.3. The van der Waals surface area contributed by atoms with E-state index in [9.17, 15) is 8.42 Å². The van der Waals surface area contributed by atoms with Gasteiger partial charge in [0.1, 0.15) is 0 Å². The van der Waals surface area contributed by atoms with Crippen LogP contribution in [0.5, 0.6) is 0 Å². The van der Waals surface area contributed by atoms with Gasteiger partial charge in [-0.1, -0.05) is 25.0 Å². The van der Waals surface area contributed by atoms with Gasteiger partial charge in [-0.25, -0.2) is 13.1 Å². The van der Waals surface area contributed by atoms with Crippen LogP contribution >= 0.6 is 11.6 Å². The Morgan fingerprint density at radius 1 is 1.25 bits per heavy atom. The van der Waals surface area contributed by atoms with Crippen molar-refractivity contribution in [1.82, 2.24) is 4.72 Å². The molecular formula is C15H22ClNO2S. The van der Waals surface area contributed by atoms with Crippen LogP contribution in [0.25, 0.3) is 0 Å². The molecule has 1 aliphatic carbocycles. The van der Waals surface area contributed by atoms with Gasteiger partial charge in [0.15, 0.2) is 0 Å². The number of hydrogen-bond donors (Lipinski definition) is 1. The second-order valence-corrected chi connectivity index (χ2v) is 7.63. The van der Waals surface area contributed by atoms with Gasteiger partial charge in [0, 0.05) is 11.9 Å². The van der Waals surface area contributed by atoms with E-state index < -0.39 is 10.0 Å². The van der Waals surface area contributed by atoms with Gasteiger partial charge in [0.05, 0.1) is 4.90 Å². The molecule has 1 N–H and O–H groups in total. The average molecular weight is 316 g/mol. The molecule has 0 aromatic heterocycles. The second kappa shape index (κ2) is 6.92. The van der Waals surface area contributed by atoms with E-state index in [0.29, 0.717) is 16.7 Å². The van der Waals surface area contributed by atoms with Gasteiger partial charge >= 0.3 is 0 Å². The molecule has 1 saturated carbocycles. The predicted octanol–water partition coefficient (Wildman–Crippen LogP) is 3.32. The lowest BCUT2D eigenvalue weighted by atomic mass is 10.0. The van der Waals surface area contributed by atoms with Crippen LogP contribution in [0.2, 0.25) is 0 Å². The number of hydrogen-bond acceptors (Lipinski definition) is 2. The SMILES string of the molecule is C[C@@H](NS(=O)(=O)c1ccc(CCCl)cc1)C1CCCC1. The molecule has 20 heavy (non-hydrogen) atoms. The first kappa shape index (κ1) is 15.8. The van der Waals surface area contributed by atoms with Gasteiger partial charge in [-0.05, 0) is 49.8 Å². The van der Waals surface area contributed by atoms with Crippen molar-refractivity contribution in [2.75, 3.05) is 5.88 Å². The highest BCUT2D eigenvalue weighted by atomic mass is 35.5. The summed E-state index contributed by atoms with van der Waals surface area (Å²) >= 11 is 5.68. The number of aryl methyl sites for hydroxylation is 1. The quantitative estimate of drug-likeness (QED) is 0.818. The molecule has 0 radical (unpaired) electrons. The van der Waals surface area contributed by atoms with Crippen LogP contribution in [0.1, 0.15) is 38.2 Å². The van der Waals surface area contributed by atoms with E-state index >= 15 is 0 Å². The molecule has 0 saturated heterocycles. The highest BCUT2D eigenvalue weighted by Gasteiger charge is 2.25. The summed E-state index contributed by atoms with van der Waals surface area (Å²) in [5.74, 6) is 1.02. The second-order valence-electron chi connectivity index (χ2n) is 5.54. The third kappa shape index (κ3) is 3.96. The normalized spacial score (nSPS) is 18.3. The number of rotatable bonds is 6. The van der Waals surface area contributed by atoms with Gasteiger partial charge in [-0.3, -0.25) is 0 Å². The predicted molar refractivity (Wildman–Crippen MR) is 82.6 cm³/mol. The molecule has 0 bridgehead atoms. The maximum absolute atomic E-state index is 12.3. The van der Waals surface area contributed by atoms with Crippen LogP contribution in [0, 0.1) is 5.92 Å². The van der Waals surface area contributed by atoms with Crippen molar-refractivity contribution in [2.45, 2.75) is 50.0 Å². The monoisotopic (exact) mass is 315 g/mol. The first-order chi connectivity index (χ1) is 9.53. The number of benzene rings is 1. The number of halogens is 1. The van der Waals surface area contributed by atoms with Crippen molar-refractivity contribution in [3.8, 4) is 0 Å². The van der Waals surface area contributed by atoms with Crippen molar-refractivity contribution in [2.24, 2.45) is 5.92 Å². The molecule has 112 valence electrons. The minimum atomic E-state index is -3.41. The average Bonchev–Trinajstić information content (AvgIpc) is 2.93. The van der Waals surface area contributed by atoms with Crippen LogP contribution in [0.3, 0.4) is 0 Å². The van der Waals surface area contributed by atoms with Gasteiger partial charge in [-0.15, -0.1) is 11.6 Å². The minimum absolute atomic E-state index is 0.00465. The molecule has 0 heterocycles. The molecule has 0 spiro atoms. The summed E-state index contributed by atoms with van der Waals surface area (Å²) in [5, 5.41) is 0. The summed E-state index contributed by atoms with van der Waals surface area (Å²) in [6, 6.07) is 6.98. The molecule has 1 aromatic rings. The molecular weight excluding hydrogens is 294 g/mol. The largest absolute Gasteiger partial charge is 0.240 e. The Morgan fingerprint density at radius 2 is 1.85 bits per heavy atom. The zero-order valence-corrected chi connectivity index (χ0v) is 13.4. The Bertz CT molecular complexity index is 521. The summed E-state index contributed by atoms with van der Waals surface area (Å²) in [6.45, 7) is 1.97. The third-order valence-corrected chi connectivity index (χ3v) is 5.83. The van der Waals surface area contributed by atoms with Gasteiger partial charge in [0.25, 0.3) is 0 Å². The zero-order valence-electron chi connectivity index (χ0n) is 11.8. The Morgan fingerprint density at radius 3 is 2.40 bits per heavy atom. The third-order valence-electron chi connectivity index (χ3n) is 4.06. The molecule has 5 heteroatoms. The first-order valence-corrected chi connectivity index (χ1v) is 9.22. The van der Waals surface area contributed by atoms with E-state index in [1.165, 1.54) is 12.8 Å². The first-order valence-electron chi connectivity index (χ1n) is 7.20. The lowest BCUT2D eigenvalue weighted by Crippen LogP contribution is -2.37. The maximum Gasteiger partial charge on any atom is 0.240 e. The Balaban J connectivity index is 2.05. The van der Waals surface area contributed by atoms with E-state index in [2.05, 4.69) is 4.72 Å². The van der Waals surface area contributed by atoms with Gasteiger partial charge in [-0.2, -0.15) is 0 Å². The lowest BCUT2D eigenvalue weighted by Gasteiger charge is -2.20. The van der Waals surface area contributed by atoms with Crippen LogP contribution < -0.4 is 4.72 Å². The summed E-state index contributed by atoms with van der Waals surface area (Å²) in [6.07, 6.45) is 5.43. The summed E-state index contributed by atoms with van der Waals surface area (Å²) in [7, 11) is -3.41. The zero-order chi connectivity index (χ0) is 14.6. The van der Waals surface area contributed by atoms with Crippen molar-refractivity contribution in [3.63, 3.8) is 0 Å². The smallest absolute Gasteiger partial charge is 0.208 e. The van der Waals surface area contributed by atoms with Crippen molar-refractivity contribution in [3.05, 3.63) is 29.8 Å². The molecule has 3 nitrogen and oxygen atoms in total. The molecule has 1 aliphatic rings. The van der Waals surface area contributed by atoms with Crippen LogP contribution in [-0.2, 0) is 16.4 Å². The number of nitrogens with one attached hydrogen (secondary N) is 1. The van der Waals surface area contributed by atoms with E-state index in [1.807, 2.05) is 19.1 Å². The van der Waals surface area contributed by atoms with Crippen LogP contribution in [0.15, 0.2) is 29.2 Å². The summed E-state index contributed by atoms with van der Waals surface area (Å²) in [4.78, 5) is 0.334. The number of alkyl halides is 1. The molecule has 0 aliphatic heterocycles. The lowest BCUT2D eigenvalue weighted by molar-refractivity contribution is 0.424. The van der Waals surface area contributed by atoms with Crippen molar-refractivity contribution < 1.29 is 8.42 Å². The fourth-order valence-electron chi connectivity index (χ4n) is 2.81. The fraction of sp³-hybridized carbons (Fsp3) is 0.600. The van der Waals surface area contributed by atoms with Crippen LogP contribution in [0.4, 0.5) is 0 Å². The van der Waals surface area contributed by atoms with E-state index in [4.69, 9.17) is 11.6 Å². The van der Waals surface area contributed by atoms with Gasteiger partial charge < -0.3 is 0 Å². The highest BCUT2D eigenvalue weighted by molar-refractivity contribution is 7.89. The van der Waals surface area contributed by atoms with Crippen molar-refractivity contribution in [1.29, 1.82) is 0 Å².